The van der Waals surface area contributed by atoms with Gasteiger partial charge in [-0.2, -0.15) is 0 Å². The standard InChI is InChI=1S/C20H38O11/c1-5-19(3,28)11-9(7-21)30-18(16(26)13(11)23)31-20(4,6-2)12-10(8-22)29-17(27)15(25)14(12)24/h9-18,21-28H,5-8H2,1-4H3/t9?,10?,11-,12-,13?,14?,15+,16+,17?,18+,19?,20?/m1/s1. The van der Waals surface area contributed by atoms with Gasteiger partial charge in [0.05, 0.1) is 48.8 Å². The average Bonchev–Trinajstić information content (AvgIpc) is 2.74. The second-order valence-electron chi connectivity index (χ2n) is 8.98. The molecule has 0 aromatic rings. The van der Waals surface area contributed by atoms with Crippen molar-refractivity contribution in [2.75, 3.05) is 13.2 Å². The van der Waals surface area contributed by atoms with Crippen molar-refractivity contribution in [3.8, 4) is 0 Å². The van der Waals surface area contributed by atoms with Crippen molar-refractivity contribution in [1.29, 1.82) is 0 Å². The van der Waals surface area contributed by atoms with Crippen molar-refractivity contribution in [2.45, 2.75) is 101 Å². The molecule has 0 amide bonds. The van der Waals surface area contributed by atoms with Gasteiger partial charge in [0.1, 0.15) is 12.2 Å². The summed E-state index contributed by atoms with van der Waals surface area (Å²) in [5.41, 5.74) is -2.78. The third-order valence-electron chi connectivity index (χ3n) is 7.02. The third kappa shape index (κ3) is 5.07. The monoisotopic (exact) mass is 454 g/mol. The van der Waals surface area contributed by atoms with Crippen molar-refractivity contribution >= 4 is 0 Å². The van der Waals surface area contributed by atoms with Crippen molar-refractivity contribution in [3.05, 3.63) is 0 Å². The Morgan fingerprint density at radius 3 is 1.74 bits per heavy atom. The fourth-order valence-electron chi connectivity index (χ4n) is 4.71. The fourth-order valence-corrected chi connectivity index (χ4v) is 4.71. The van der Waals surface area contributed by atoms with Gasteiger partial charge in [-0.3, -0.25) is 0 Å². The quantitative estimate of drug-likeness (QED) is 0.192. The molecule has 0 aliphatic carbocycles. The Labute approximate surface area is 181 Å². The summed E-state index contributed by atoms with van der Waals surface area (Å²) < 4.78 is 16.9. The maximum atomic E-state index is 10.7. The molecular formula is C20H38O11. The molecule has 2 rings (SSSR count). The molecule has 2 saturated heterocycles. The van der Waals surface area contributed by atoms with Crippen LogP contribution in [0.1, 0.15) is 40.5 Å². The minimum Gasteiger partial charge on any atom is -0.394 e. The van der Waals surface area contributed by atoms with Gasteiger partial charge in [0, 0.05) is 11.8 Å². The summed E-state index contributed by atoms with van der Waals surface area (Å²) in [5.74, 6) is -2.02. The van der Waals surface area contributed by atoms with E-state index < -0.39 is 85.5 Å². The van der Waals surface area contributed by atoms with E-state index in [1.807, 2.05) is 0 Å². The van der Waals surface area contributed by atoms with Gasteiger partial charge in [-0.05, 0) is 26.7 Å². The first-order valence-corrected chi connectivity index (χ1v) is 10.7. The van der Waals surface area contributed by atoms with Crippen LogP contribution >= 0.6 is 0 Å². The maximum Gasteiger partial charge on any atom is 0.187 e. The zero-order valence-corrected chi connectivity index (χ0v) is 18.4. The van der Waals surface area contributed by atoms with Crippen LogP contribution in [0.5, 0.6) is 0 Å². The number of rotatable bonds is 8. The van der Waals surface area contributed by atoms with E-state index in [0.29, 0.717) is 0 Å². The highest BCUT2D eigenvalue weighted by atomic mass is 16.7. The van der Waals surface area contributed by atoms with Crippen molar-refractivity contribution in [3.63, 3.8) is 0 Å². The lowest BCUT2D eigenvalue weighted by atomic mass is 9.74. The first-order chi connectivity index (χ1) is 14.4. The summed E-state index contributed by atoms with van der Waals surface area (Å²) in [5, 5.41) is 82.0. The Morgan fingerprint density at radius 2 is 1.26 bits per heavy atom. The predicted octanol–water partition coefficient (Wildman–Crippen LogP) is -2.56. The van der Waals surface area contributed by atoms with Crippen LogP contribution in [0.2, 0.25) is 0 Å². The molecule has 31 heavy (non-hydrogen) atoms. The molecule has 7 unspecified atom stereocenters. The normalized spacial score (nSPS) is 45.7. The van der Waals surface area contributed by atoms with Gasteiger partial charge in [-0.1, -0.05) is 13.8 Å². The molecule has 184 valence electrons. The van der Waals surface area contributed by atoms with E-state index >= 15 is 0 Å². The lowest BCUT2D eigenvalue weighted by Crippen LogP contribution is -2.66. The average molecular weight is 455 g/mol. The van der Waals surface area contributed by atoms with E-state index in [-0.39, 0.29) is 12.8 Å². The van der Waals surface area contributed by atoms with Crippen molar-refractivity contribution in [2.24, 2.45) is 11.8 Å². The Balaban J connectivity index is 2.31. The highest BCUT2D eigenvalue weighted by Gasteiger charge is 2.56. The van der Waals surface area contributed by atoms with E-state index in [1.54, 1.807) is 20.8 Å². The van der Waals surface area contributed by atoms with Crippen LogP contribution in [-0.2, 0) is 14.2 Å². The number of aliphatic hydroxyl groups is 8. The zero-order valence-electron chi connectivity index (χ0n) is 18.4. The maximum absolute atomic E-state index is 10.7. The van der Waals surface area contributed by atoms with E-state index in [0.717, 1.165) is 0 Å². The summed E-state index contributed by atoms with van der Waals surface area (Å²) in [6.45, 7) is 5.31. The van der Waals surface area contributed by atoms with Gasteiger partial charge in [0.15, 0.2) is 12.6 Å². The molecule has 11 nitrogen and oxygen atoms in total. The molecule has 11 heteroatoms. The van der Waals surface area contributed by atoms with Gasteiger partial charge in [0.25, 0.3) is 0 Å². The summed E-state index contributed by atoms with van der Waals surface area (Å²) in [4.78, 5) is 0. The minimum absolute atomic E-state index is 0.208. The molecule has 12 atom stereocenters. The Morgan fingerprint density at radius 1 is 0.742 bits per heavy atom. The molecule has 0 bridgehead atoms. The highest BCUT2D eigenvalue weighted by molar-refractivity contribution is 5.02. The summed E-state index contributed by atoms with van der Waals surface area (Å²) in [6, 6.07) is 0. The minimum atomic E-state index is -1.70. The van der Waals surface area contributed by atoms with Crippen LogP contribution in [0, 0.1) is 11.8 Å². The molecule has 0 aromatic carbocycles. The fraction of sp³-hybridized carbons (Fsp3) is 1.00. The van der Waals surface area contributed by atoms with Crippen LogP contribution in [0.25, 0.3) is 0 Å². The molecule has 0 spiro atoms. The SMILES string of the molecule is CCC(C)(O)[C@@H]1C(CO)O[C@@H](OC(C)(CC)[C@@H]2C(CO)OC(O)[C@@H](O)C2O)[C@@H](O)C1O. The van der Waals surface area contributed by atoms with Gasteiger partial charge in [-0.25, -0.2) is 0 Å². The van der Waals surface area contributed by atoms with Crippen LogP contribution in [-0.4, -0.2) is 114 Å². The highest BCUT2D eigenvalue weighted by Crippen LogP contribution is 2.42. The van der Waals surface area contributed by atoms with E-state index in [1.165, 1.54) is 6.92 Å². The van der Waals surface area contributed by atoms with Crippen LogP contribution in [0.15, 0.2) is 0 Å². The number of hydrogen-bond acceptors (Lipinski definition) is 11. The Bertz CT molecular complexity index is 571. The smallest absolute Gasteiger partial charge is 0.187 e. The zero-order chi connectivity index (χ0) is 23.7. The van der Waals surface area contributed by atoms with E-state index in [2.05, 4.69) is 0 Å². The summed E-state index contributed by atoms with van der Waals surface area (Å²) >= 11 is 0. The largest absolute Gasteiger partial charge is 0.394 e. The number of hydrogen-bond donors (Lipinski definition) is 8. The molecule has 2 aliphatic heterocycles. The lowest BCUT2D eigenvalue weighted by Gasteiger charge is -2.52. The molecule has 2 fully saturated rings. The molecular weight excluding hydrogens is 416 g/mol. The first kappa shape index (κ1) is 26.8. The Kier molecular flexibility index (Phi) is 8.84. The third-order valence-corrected chi connectivity index (χ3v) is 7.02. The topological polar surface area (TPSA) is 190 Å². The lowest BCUT2D eigenvalue weighted by molar-refractivity contribution is -0.358. The molecule has 8 N–H and O–H groups in total. The van der Waals surface area contributed by atoms with Crippen LogP contribution in [0.4, 0.5) is 0 Å². The van der Waals surface area contributed by atoms with E-state index in [4.69, 9.17) is 14.2 Å². The first-order valence-electron chi connectivity index (χ1n) is 10.7. The molecule has 2 heterocycles. The van der Waals surface area contributed by atoms with Gasteiger partial charge < -0.3 is 55.1 Å². The van der Waals surface area contributed by atoms with Crippen LogP contribution < -0.4 is 0 Å². The van der Waals surface area contributed by atoms with E-state index in [9.17, 15) is 40.9 Å². The van der Waals surface area contributed by atoms with Crippen LogP contribution in [0.3, 0.4) is 0 Å². The number of ether oxygens (including phenoxy) is 3. The van der Waals surface area contributed by atoms with Crippen molar-refractivity contribution < 1.29 is 55.1 Å². The molecule has 0 saturated carbocycles. The molecule has 0 radical (unpaired) electrons. The Hall–Kier alpha value is -0.440. The van der Waals surface area contributed by atoms with Crippen molar-refractivity contribution in [1.82, 2.24) is 0 Å². The molecule has 0 aromatic heterocycles. The second kappa shape index (κ2) is 10.2. The van der Waals surface area contributed by atoms with Gasteiger partial charge >= 0.3 is 0 Å². The molecule has 2 aliphatic rings. The van der Waals surface area contributed by atoms with Gasteiger partial charge in [-0.15, -0.1) is 0 Å². The summed E-state index contributed by atoms with van der Waals surface area (Å²) in [6.07, 6.45) is -11.1. The predicted molar refractivity (Wildman–Crippen MR) is 105 cm³/mol. The van der Waals surface area contributed by atoms with Gasteiger partial charge in [0.2, 0.25) is 0 Å². The number of aliphatic hydroxyl groups excluding tert-OH is 7. The second-order valence-corrected chi connectivity index (χ2v) is 8.98. The summed E-state index contributed by atoms with van der Waals surface area (Å²) in [7, 11) is 0.